The first-order chi connectivity index (χ1) is 17.0. The molecule has 180 valence electrons. The molecule has 2 saturated heterocycles. The van der Waals surface area contributed by atoms with Gasteiger partial charge < -0.3 is 4.74 Å². The topological polar surface area (TPSA) is 47.4 Å². The van der Waals surface area contributed by atoms with Crippen LogP contribution >= 0.6 is 22.9 Å². The van der Waals surface area contributed by atoms with E-state index in [1.54, 1.807) is 10.9 Å². The summed E-state index contributed by atoms with van der Waals surface area (Å²) >= 11 is 7.48. The molecule has 2 aromatic heterocycles. The zero-order valence-electron chi connectivity index (χ0n) is 19.9. The maximum atomic E-state index is 13.3. The Morgan fingerprint density at radius 2 is 1.71 bits per heavy atom. The van der Waals surface area contributed by atoms with Crippen molar-refractivity contribution in [1.82, 2.24) is 14.5 Å². The standard InChI is InChI=1S/C28H28ClN3O2S/c1-17(2)32-21-7-8-22(32)14-24(13-21)34-23-11-9-20(10-12-23)31-16-30-25-15-26(35-27(25)28(31)33)18-3-5-19(29)6-4-18/h3-6,9-12,15-17,21-22,24H,7-8,13-14H2,1-2H3/t21-,22+,24?. The van der Waals surface area contributed by atoms with Crippen LogP contribution in [0.15, 0.2) is 65.7 Å². The maximum absolute atomic E-state index is 13.3. The van der Waals surface area contributed by atoms with Crippen molar-refractivity contribution in [2.75, 3.05) is 0 Å². The molecule has 35 heavy (non-hydrogen) atoms. The van der Waals surface area contributed by atoms with Crippen LogP contribution in [0.3, 0.4) is 0 Å². The van der Waals surface area contributed by atoms with Crippen LogP contribution in [0, 0.1) is 0 Å². The molecule has 0 saturated carbocycles. The second-order valence-electron chi connectivity index (χ2n) is 9.88. The molecule has 4 aromatic rings. The molecule has 0 radical (unpaired) electrons. The van der Waals surface area contributed by atoms with Gasteiger partial charge in [0.05, 0.1) is 11.2 Å². The average molecular weight is 506 g/mol. The molecule has 6 rings (SSSR count). The van der Waals surface area contributed by atoms with Gasteiger partial charge in [-0.1, -0.05) is 23.7 Å². The quantitative estimate of drug-likeness (QED) is 0.308. The number of benzene rings is 2. The first-order valence-corrected chi connectivity index (χ1v) is 13.5. The summed E-state index contributed by atoms with van der Waals surface area (Å²) in [5.74, 6) is 0.861. The van der Waals surface area contributed by atoms with Crippen LogP contribution in [-0.4, -0.2) is 38.7 Å². The summed E-state index contributed by atoms with van der Waals surface area (Å²) in [6, 6.07) is 19.3. The van der Waals surface area contributed by atoms with Gasteiger partial charge in [-0.3, -0.25) is 14.3 Å². The molecule has 2 aromatic carbocycles. The number of piperidine rings is 1. The predicted molar refractivity (Wildman–Crippen MR) is 143 cm³/mol. The van der Waals surface area contributed by atoms with Crippen LogP contribution in [0.2, 0.25) is 5.02 Å². The van der Waals surface area contributed by atoms with E-state index < -0.39 is 0 Å². The van der Waals surface area contributed by atoms with E-state index in [0.717, 1.165) is 34.7 Å². The summed E-state index contributed by atoms with van der Waals surface area (Å²) < 4.78 is 8.63. The van der Waals surface area contributed by atoms with Gasteiger partial charge >= 0.3 is 0 Å². The molecule has 5 nitrogen and oxygen atoms in total. The largest absolute Gasteiger partial charge is 0.490 e. The predicted octanol–water partition coefficient (Wildman–Crippen LogP) is 6.55. The molecule has 0 aliphatic carbocycles. The third-order valence-electron chi connectivity index (χ3n) is 7.33. The van der Waals surface area contributed by atoms with Crippen molar-refractivity contribution in [3.8, 4) is 21.9 Å². The fourth-order valence-electron chi connectivity index (χ4n) is 5.83. The minimum atomic E-state index is -0.0634. The van der Waals surface area contributed by atoms with E-state index in [9.17, 15) is 4.79 Å². The molecule has 3 atom stereocenters. The molecular formula is C28H28ClN3O2S. The van der Waals surface area contributed by atoms with E-state index in [4.69, 9.17) is 16.3 Å². The lowest BCUT2D eigenvalue weighted by Gasteiger charge is -2.41. The number of aromatic nitrogens is 2. The number of halogens is 1. The van der Waals surface area contributed by atoms with Gasteiger partial charge in [-0.2, -0.15) is 0 Å². The van der Waals surface area contributed by atoms with Crippen molar-refractivity contribution in [2.24, 2.45) is 0 Å². The monoisotopic (exact) mass is 505 g/mol. The Hall–Kier alpha value is -2.67. The van der Waals surface area contributed by atoms with Crippen LogP contribution in [0.1, 0.15) is 39.5 Å². The summed E-state index contributed by atoms with van der Waals surface area (Å²) in [6.45, 7) is 4.60. The Balaban J connectivity index is 1.21. The molecule has 2 aliphatic heterocycles. The van der Waals surface area contributed by atoms with Crippen molar-refractivity contribution in [2.45, 2.75) is 63.8 Å². The fraction of sp³-hybridized carbons (Fsp3) is 0.357. The van der Waals surface area contributed by atoms with Gasteiger partial charge in [-0.15, -0.1) is 11.3 Å². The lowest BCUT2D eigenvalue weighted by Crippen LogP contribution is -2.49. The summed E-state index contributed by atoms with van der Waals surface area (Å²) in [7, 11) is 0. The second-order valence-corrected chi connectivity index (χ2v) is 11.4. The van der Waals surface area contributed by atoms with Crippen molar-refractivity contribution in [1.29, 1.82) is 0 Å². The zero-order valence-corrected chi connectivity index (χ0v) is 21.4. The number of hydrogen-bond donors (Lipinski definition) is 0. The summed E-state index contributed by atoms with van der Waals surface area (Å²) in [4.78, 5) is 21.5. The van der Waals surface area contributed by atoms with Crippen LogP contribution < -0.4 is 10.3 Å². The van der Waals surface area contributed by atoms with Gasteiger partial charge in [0.25, 0.3) is 5.56 Å². The smallest absolute Gasteiger partial charge is 0.275 e. The number of thiophene rings is 1. The van der Waals surface area contributed by atoms with Gasteiger partial charge in [-0.05, 0) is 87.6 Å². The molecular weight excluding hydrogens is 478 g/mol. The Kier molecular flexibility index (Phi) is 5.91. The van der Waals surface area contributed by atoms with Crippen molar-refractivity contribution < 1.29 is 4.74 Å². The fourth-order valence-corrected chi connectivity index (χ4v) is 7.01. The normalized spacial score (nSPS) is 22.2. The summed E-state index contributed by atoms with van der Waals surface area (Å²) in [6.07, 6.45) is 6.60. The zero-order chi connectivity index (χ0) is 24.1. The van der Waals surface area contributed by atoms with E-state index in [1.165, 1.54) is 24.2 Å². The maximum Gasteiger partial charge on any atom is 0.275 e. The molecule has 4 heterocycles. The highest BCUT2D eigenvalue weighted by atomic mass is 35.5. The van der Waals surface area contributed by atoms with E-state index in [-0.39, 0.29) is 11.7 Å². The van der Waals surface area contributed by atoms with E-state index >= 15 is 0 Å². The van der Waals surface area contributed by atoms with E-state index in [1.807, 2.05) is 54.6 Å². The Morgan fingerprint density at radius 3 is 2.37 bits per heavy atom. The third-order valence-corrected chi connectivity index (χ3v) is 8.74. The number of ether oxygens (including phenoxy) is 1. The molecule has 0 amide bonds. The molecule has 2 bridgehead atoms. The average Bonchev–Trinajstić information content (AvgIpc) is 3.40. The first-order valence-electron chi connectivity index (χ1n) is 12.3. The van der Waals surface area contributed by atoms with Gasteiger partial charge in [-0.25, -0.2) is 4.98 Å². The third kappa shape index (κ3) is 4.28. The van der Waals surface area contributed by atoms with Crippen LogP contribution in [0.4, 0.5) is 0 Å². The highest BCUT2D eigenvalue weighted by Gasteiger charge is 2.42. The highest BCUT2D eigenvalue weighted by Crippen LogP contribution is 2.38. The van der Waals surface area contributed by atoms with E-state index in [2.05, 4.69) is 23.7 Å². The van der Waals surface area contributed by atoms with Crippen LogP contribution in [-0.2, 0) is 0 Å². The summed E-state index contributed by atoms with van der Waals surface area (Å²) in [5.41, 5.74) is 2.46. The van der Waals surface area contributed by atoms with E-state index in [0.29, 0.717) is 33.4 Å². The number of rotatable bonds is 5. The van der Waals surface area contributed by atoms with Crippen molar-refractivity contribution >= 4 is 33.2 Å². The number of fused-ring (bicyclic) bond motifs is 3. The first kappa shape index (κ1) is 22.8. The van der Waals surface area contributed by atoms with Gasteiger partial charge in [0.1, 0.15) is 22.9 Å². The van der Waals surface area contributed by atoms with Crippen molar-refractivity contribution in [3.05, 3.63) is 76.3 Å². The molecule has 1 unspecified atom stereocenters. The lowest BCUT2D eigenvalue weighted by molar-refractivity contribution is 0.0307. The van der Waals surface area contributed by atoms with Crippen LogP contribution in [0.5, 0.6) is 5.75 Å². The molecule has 7 heteroatoms. The minimum Gasteiger partial charge on any atom is -0.490 e. The van der Waals surface area contributed by atoms with Gasteiger partial charge in [0.15, 0.2) is 0 Å². The summed E-state index contributed by atoms with van der Waals surface area (Å²) in [5, 5.41) is 0.691. The van der Waals surface area contributed by atoms with Crippen LogP contribution in [0.25, 0.3) is 26.3 Å². The highest BCUT2D eigenvalue weighted by molar-refractivity contribution is 7.22. The molecule has 0 spiro atoms. The Morgan fingerprint density at radius 1 is 1.03 bits per heavy atom. The molecule has 0 N–H and O–H groups in total. The SMILES string of the molecule is CC(C)N1[C@@H]2CC[C@H]1CC(Oc1ccc(-n3cnc4cc(-c5ccc(Cl)cc5)sc4c3=O)cc1)C2. The minimum absolute atomic E-state index is 0.0634. The molecule has 2 fully saturated rings. The van der Waals surface area contributed by atoms with Gasteiger partial charge in [0.2, 0.25) is 0 Å². The Labute approximate surface area is 213 Å². The van der Waals surface area contributed by atoms with Gasteiger partial charge in [0, 0.05) is 28.0 Å². The van der Waals surface area contributed by atoms with Crippen molar-refractivity contribution in [3.63, 3.8) is 0 Å². The second kappa shape index (κ2) is 9.08. The lowest BCUT2D eigenvalue weighted by atomic mass is 9.98. The Bertz CT molecular complexity index is 1400. The number of hydrogen-bond acceptors (Lipinski definition) is 5. The number of nitrogens with zero attached hydrogens (tertiary/aromatic N) is 3. The molecule has 2 aliphatic rings.